The lowest BCUT2D eigenvalue weighted by Gasteiger charge is -2.36. The van der Waals surface area contributed by atoms with Crippen molar-refractivity contribution in [1.82, 2.24) is 19.7 Å². The number of fused-ring (bicyclic) bond motifs is 1. The summed E-state index contributed by atoms with van der Waals surface area (Å²) in [5.41, 5.74) is 2.96. The number of carbonyl (C=O) groups excluding carboxylic acids is 1. The van der Waals surface area contributed by atoms with Gasteiger partial charge in [0.25, 0.3) is 0 Å². The van der Waals surface area contributed by atoms with E-state index in [4.69, 9.17) is 9.47 Å². The van der Waals surface area contributed by atoms with Gasteiger partial charge in [0.15, 0.2) is 5.65 Å². The summed E-state index contributed by atoms with van der Waals surface area (Å²) >= 11 is 0. The molecule has 0 spiro atoms. The van der Waals surface area contributed by atoms with Gasteiger partial charge in [0, 0.05) is 32.9 Å². The monoisotopic (exact) mass is 361 g/mol. The summed E-state index contributed by atoms with van der Waals surface area (Å²) in [4.78, 5) is 21.4. The maximum Gasteiger partial charge on any atom is 0.341 e. The fraction of sp³-hybridized carbons (Fsp3) is 0.611. The van der Waals surface area contributed by atoms with Gasteiger partial charge in [0.2, 0.25) is 0 Å². The molecule has 0 bridgehead atoms. The van der Waals surface area contributed by atoms with Crippen LogP contribution in [0.1, 0.15) is 23.0 Å². The van der Waals surface area contributed by atoms with E-state index in [0.29, 0.717) is 31.9 Å². The highest BCUT2D eigenvalue weighted by Crippen LogP contribution is 2.33. The van der Waals surface area contributed by atoms with Gasteiger partial charge in [-0.05, 0) is 27.9 Å². The first kappa shape index (κ1) is 18.6. The lowest BCUT2D eigenvalue weighted by molar-refractivity contribution is 0.0246. The van der Waals surface area contributed by atoms with E-state index in [1.54, 1.807) is 17.8 Å². The van der Waals surface area contributed by atoms with Crippen LogP contribution < -0.4 is 4.90 Å². The van der Waals surface area contributed by atoms with Crippen molar-refractivity contribution in [2.75, 3.05) is 51.8 Å². The first-order valence-electron chi connectivity index (χ1n) is 8.93. The maximum absolute atomic E-state index is 12.6. The van der Waals surface area contributed by atoms with E-state index in [-0.39, 0.29) is 12.1 Å². The quantitative estimate of drug-likeness (QED) is 0.742. The van der Waals surface area contributed by atoms with Crippen molar-refractivity contribution in [3.63, 3.8) is 0 Å². The van der Waals surface area contributed by atoms with Gasteiger partial charge in [-0.2, -0.15) is 5.10 Å². The summed E-state index contributed by atoms with van der Waals surface area (Å²) in [5, 5.41) is 5.40. The van der Waals surface area contributed by atoms with E-state index in [2.05, 4.69) is 19.9 Å². The lowest BCUT2D eigenvalue weighted by Crippen LogP contribution is -2.47. The Kier molecular flexibility index (Phi) is 5.43. The zero-order valence-corrected chi connectivity index (χ0v) is 16.2. The average molecular weight is 361 g/mol. The second-order valence-electron chi connectivity index (χ2n) is 6.85. The van der Waals surface area contributed by atoms with Gasteiger partial charge in [0.05, 0.1) is 36.1 Å². The third-order valence-corrected chi connectivity index (χ3v) is 4.52. The molecule has 2 aromatic rings. The Morgan fingerprint density at radius 3 is 2.92 bits per heavy atom. The van der Waals surface area contributed by atoms with Crippen LogP contribution >= 0.6 is 0 Å². The molecule has 1 unspecified atom stereocenters. The predicted molar refractivity (Wildman–Crippen MR) is 99.7 cm³/mol. The highest BCUT2D eigenvalue weighted by molar-refractivity contribution is 6.05. The smallest absolute Gasteiger partial charge is 0.341 e. The highest BCUT2D eigenvalue weighted by atomic mass is 16.5. The van der Waals surface area contributed by atoms with Crippen LogP contribution in [-0.4, -0.2) is 78.7 Å². The van der Waals surface area contributed by atoms with Gasteiger partial charge in [-0.1, -0.05) is 0 Å². The molecule has 3 rings (SSSR count). The largest absolute Gasteiger partial charge is 0.462 e. The van der Waals surface area contributed by atoms with Crippen molar-refractivity contribution in [2.45, 2.75) is 20.0 Å². The molecule has 1 saturated heterocycles. The zero-order chi connectivity index (χ0) is 18.8. The summed E-state index contributed by atoms with van der Waals surface area (Å²) in [6.07, 6.45) is 1.68. The molecule has 0 N–H and O–H groups in total. The van der Waals surface area contributed by atoms with Crippen LogP contribution in [0.4, 0.5) is 5.69 Å². The van der Waals surface area contributed by atoms with E-state index in [1.807, 2.05) is 28.1 Å². The van der Waals surface area contributed by atoms with Crippen LogP contribution in [-0.2, 0) is 16.5 Å². The van der Waals surface area contributed by atoms with Crippen molar-refractivity contribution < 1.29 is 14.3 Å². The Labute approximate surface area is 153 Å². The number of esters is 1. The standard InChI is InChI=1S/C18H27N5O3/c1-6-25-18(24)14-9-19-17-15(12(2)20-22(17)5)16(14)23-7-8-26-13(11-23)10-21(3)4/h9,13H,6-8,10-11H2,1-5H3. The van der Waals surface area contributed by atoms with Crippen LogP contribution in [0, 0.1) is 6.92 Å². The van der Waals surface area contributed by atoms with Gasteiger partial charge in [-0.15, -0.1) is 0 Å². The number of carbonyl (C=O) groups is 1. The number of rotatable bonds is 5. The first-order chi connectivity index (χ1) is 12.4. The second-order valence-corrected chi connectivity index (χ2v) is 6.85. The molecular formula is C18H27N5O3. The van der Waals surface area contributed by atoms with E-state index >= 15 is 0 Å². The minimum Gasteiger partial charge on any atom is -0.462 e. The number of ether oxygens (including phenoxy) is 2. The number of hydrogen-bond acceptors (Lipinski definition) is 7. The molecule has 142 valence electrons. The van der Waals surface area contributed by atoms with Crippen LogP contribution in [0.3, 0.4) is 0 Å². The molecule has 8 nitrogen and oxygen atoms in total. The fourth-order valence-corrected chi connectivity index (χ4v) is 3.52. The summed E-state index contributed by atoms with van der Waals surface area (Å²) in [7, 11) is 5.93. The molecule has 1 aliphatic rings. The minimum absolute atomic E-state index is 0.0778. The van der Waals surface area contributed by atoms with Gasteiger partial charge in [-0.3, -0.25) is 4.68 Å². The van der Waals surface area contributed by atoms with Crippen molar-refractivity contribution in [1.29, 1.82) is 0 Å². The van der Waals surface area contributed by atoms with Gasteiger partial charge in [0.1, 0.15) is 5.56 Å². The van der Waals surface area contributed by atoms with E-state index < -0.39 is 0 Å². The number of anilines is 1. The molecular weight excluding hydrogens is 334 g/mol. The van der Waals surface area contributed by atoms with E-state index in [1.165, 1.54) is 0 Å². The molecule has 0 amide bonds. The Morgan fingerprint density at radius 2 is 2.23 bits per heavy atom. The van der Waals surface area contributed by atoms with E-state index in [0.717, 1.165) is 29.0 Å². The fourth-order valence-electron chi connectivity index (χ4n) is 3.52. The van der Waals surface area contributed by atoms with Crippen molar-refractivity contribution in [3.05, 3.63) is 17.5 Å². The zero-order valence-electron chi connectivity index (χ0n) is 16.2. The summed E-state index contributed by atoms with van der Waals surface area (Å²) < 4.78 is 12.9. The highest BCUT2D eigenvalue weighted by Gasteiger charge is 2.29. The summed E-state index contributed by atoms with van der Waals surface area (Å²) in [5.74, 6) is -0.351. The lowest BCUT2D eigenvalue weighted by atomic mass is 10.1. The maximum atomic E-state index is 12.6. The number of morpholine rings is 1. The van der Waals surface area contributed by atoms with Crippen LogP contribution in [0.15, 0.2) is 6.20 Å². The molecule has 0 radical (unpaired) electrons. The third-order valence-electron chi connectivity index (χ3n) is 4.52. The number of aryl methyl sites for hydroxylation is 2. The molecule has 0 aliphatic carbocycles. The van der Waals surface area contributed by atoms with E-state index in [9.17, 15) is 4.79 Å². The topological polar surface area (TPSA) is 72.7 Å². The van der Waals surface area contributed by atoms with Crippen molar-refractivity contribution in [3.8, 4) is 0 Å². The summed E-state index contributed by atoms with van der Waals surface area (Å²) in [6, 6.07) is 0. The van der Waals surface area contributed by atoms with Crippen LogP contribution in [0.25, 0.3) is 11.0 Å². The number of hydrogen-bond donors (Lipinski definition) is 0. The number of pyridine rings is 1. The number of aromatic nitrogens is 3. The Hall–Kier alpha value is -2.19. The first-order valence-corrected chi connectivity index (χ1v) is 8.93. The SMILES string of the molecule is CCOC(=O)c1cnc2c(c(C)nn2C)c1N1CCOC(CN(C)C)C1. The number of likely N-dealkylation sites (N-methyl/N-ethyl adjacent to an activating group) is 1. The Balaban J connectivity index is 2.09. The Bertz CT molecular complexity index is 802. The molecule has 1 fully saturated rings. The number of nitrogens with zero attached hydrogens (tertiary/aromatic N) is 5. The average Bonchev–Trinajstić information content (AvgIpc) is 2.88. The molecule has 1 atom stereocenters. The van der Waals surface area contributed by atoms with Crippen molar-refractivity contribution in [2.24, 2.45) is 7.05 Å². The predicted octanol–water partition coefficient (Wildman–Crippen LogP) is 1.22. The van der Waals surface area contributed by atoms with Crippen molar-refractivity contribution >= 4 is 22.7 Å². The van der Waals surface area contributed by atoms with Gasteiger partial charge < -0.3 is 19.3 Å². The molecule has 26 heavy (non-hydrogen) atoms. The van der Waals surface area contributed by atoms with Crippen LogP contribution in [0.5, 0.6) is 0 Å². The minimum atomic E-state index is -0.351. The molecule has 2 aromatic heterocycles. The molecule has 8 heteroatoms. The van der Waals surface area contributed by atoms with Crippen LogP contribution in [0.2, 0.25) is 0 Å². The second kappa shape index (κ2) is 7.59. The summed E-state index contributed by atoms with van der Waals surface area (Å²) in [6.45, 7) is 6.94. The van der Waals surface area contributed by atoms with Gasteiger partial charge >= 0.3 is 5.97 Å². The normalized spacial score (nSPS) is 17.9. The molecule has 0 aromatic carbocycles. The molecule has 1 aliphatic heterocycles. The molecule has 0 saturated carbocycles. The molecule has 3 heterocycles. The third kappa shape index (κ3) is 3.52. The van der Waals surface area contributed by atoms with Gasteiger partial charge in [-0.25, -0.2) is 9.78 Å². The Morgan fingerprint density at radius 1 is 1.46 bits per heavy atom.